The fraction of sp³-hybridized carbons (Fsp3) is 0.295. The third kappa shape index (κ3) is 7.71. The Labute approximate surface area is 272 Å². The van der Waals surface area contributed by atoms with Crippen molar-refractivity contribution in [1.29, 1.82) is 0 Å². The summed E-state index contributed by atoms with van der Waals surface area (Å²) in [7, 11) is 1.88. The first kappa shape index (κ1) is 32.2. The van der Waals surface area contributed by atoms with E-state index in [1.807, 2.05) is 13.1 Å². The molecule has 3 aliphatic carbocycles. The van der Waals surface area contributed by atoms with Gasteiger partial charge in [0, 0.05) is 12.6 Å². The average Bonchev–Trinajstić information content (AvgIpc) is 3.52. The predicted molar refractivity (Wildman–Crippen MR) is 197 cm³/mol. The minimum absolute atomic E-state index is 0.911. The van der Waals surface area contributed by atoms with Crippen molar-refractivity contribution in [3.05, 3.63) is 171 Å². The van der Waals surface area contributed by atoms with Gasteiger partial charge < -0.3 is 0 Å². The number of nitrogens with zero attached hydrogens (tertiary/aromatic N) is 1. The first-order valence-electron chi connectivity index (χ1n) is 16.8. The monoisotopic (exact) mass is 591 g/mol. The molecule has 1 heteroatoms. The van der Waals surface area contributed by atoms with Crippen molar-refractivity contribution in [2.45, 2.75) is 78.6 Å². The molecule has 0 heterocycles. The van der Waals surface area contributed by atoms with E-state index in [2.05, 4.69) is 124 Å². The molecule has 0 fully saturated rings. The van der Waals surface area contributed by atoms with Crippen molar-refractivity contribution in [1.82, 2.24) is 0 Å². The maximum absolute atomic E-state index is 4.72. The minimum Gasteiger partial charge on any atom is -0.287 e. The number of hydrogen-bond acceptors (Lipinski definition) is 1. The van der Waals surface area contributed by atoms with Crippen LogP contribution in [0.15, 0.2) is 154 Å². The quantitative estimate of drug-likeness (QED) is 0.182. The van der Waals surface area contributed by atoms with Gasteiger partial charge in [0.15, 0.2) is 0 Å². The number of fused-ring (bicyclic) bond motifs is 1. The van der Waals surface area contributed by atoms with Crippen LogP contribution in [0.1, 0.15) is 88.0 Å². The Hall–Kier alpha value is -4.23. The molecule has 0 radical (unpaired) electrons. The highest BCUT2D eigenvalue weighted by molar-refractivity contribution is 6.14. The molecule has 0 saturated heterocycles. The van der Waals surface area contributed by atoms with Crippen LogP contribution in [0.2, 0.25) is 0 Å². The first-order valence-corrected chi connectivity index (χ1v) is 16.8. The van der Waals surface area contributed by atoms with Gasteiger partial charge in [-0.1, -0.05) is 123 Å². The number of aliphatic imine (C=N–C) groups is 1. The van der Waals surface area contributed by atoms with Crippen molar-refractivity contribution < 1.29 is 0 Å². The molecule has 230 valence electrons. The van der Waals surface area contributed by atoms with Gasteiger partial charge in [-0.15, -0.1) is 0 Å². The van der Waals surface area contributed by atoms with Crippen molar-refractivity contribution in [3.8, 4) is 0 Å². The van der Waals surface area contributed by atoms with Crippen LogP contribution in [0, 0.1) is 0 Å². The molecule has 3 aliphatic rings. The van der Waals surface area contributed by atoms with Crippen LogP contribution in [-0.2, 0) is 12.8 Å². The topological polar surface area (TPSA) is 12.4 Å². The lowest BCUT2D eigenvalue weighted by atomic mass is 9.84. The van der Waals surface area contributed by atoms with Crippen LogP contribution in [0.3, 0.4) is 0 Å². The second-order valence-corrected chi connectivity index (χ2v) is 12.4. The molecule has 0 amide bonds. The summed E-state index contributed by atoms with van der Waals surface area (Å²) in [5.74, 6) is 0. The standard InChI is InChI=1S/C44H49N/c1-6-18-36-22-14-16-27-42(36)32(3)33(4)43(41-30-38-23-11-12-24-39(38)31-41)28-15-13-19-34(7-2)44(45-5)40-26-17-25-37(29-40)35-20-9-8-10-21-35/h7,9,11-15,17,19-26,29H,2,6,8,10,16,18,27-28,30-31H2,1,3-5H3/b15-13-,33-32+,34-19+,45-44?. The Balaban J connectivity index is 1.44. The smallest absolute Gasteiger partial charge is 0.0715 e. The predicted octanol–water partition coefficient (Wildman–Crippen LogP) is 11.8. The zero-order chi connectivity index (χ0) is 31.6. The molecule has 0 bridgehead atoms. The van der Waals surface area contributed by atoms with Crippen LogP contribution in [-0.4, -0.2) is 12.8 Å². The summed E-state index contributed by atoms with van der Waals surface area (Å²) in [6, 6.07) is 17.7. The van der Waals surface area contributed by atoms with Crippen molar-refractivity contribution in [2.24, 2.45) is 4.99 Å². The van der Waals surface area contributed by atoms with Crippen molar-refractivity contribution in [3.63, 3.8) is 0 Å². The van der Waals surface area contributed by atoms with Crippen molar-refractivity contribution >= 4 is 11.3 Å². The number of hydrogen-bond donors (Lipinski definition) is 0. The third-order valence-electron chi connectivity index (χ3n) is 9.52. The Morgan fingerprint density at radius 3 is 2.40 bits per heavy atom. The highest BCUT2D eigenvalue weighted by atomic mass is 14.7. The van der Waals surface area contributed by atoms with E-state index in [4.69, 9.17) is 4.99 Å². The second-order valence-electron chi connectivity index (χ2n) is 12.4. The SMILES string of the molecule is C=C/C(=C\C=C/CC(=C1Cc2ccccc2C1)/C(C)=C(\C)C1=C(CCC)C=CCC1)C(=NC)c1cccc(C2=CCCC=C2)c1. The highest BCUT2D eigenvalue weighted by Gasteiger charge is 2.21. The lowest BCUT2D eigenvalue weighted by Crippen LogP contribution is -2.04. The normalized spacial score (nSPS) is 17.5. The Morgan fingerprint density at radius 2 is 1.71 bits per heavy atom. The van der Waals surface area contributed by atoms with E-state index in [9.17, 15) is 0 Å². The molecule has 45 heavy (non-hydrogen) atoms. The largest absolute Gasteiger partial charge is 0.287 e. The van der Waals surface area contributed by atoms with E-state index in [1.54, 1.807) is 11.1 Å². The molecule has 5 rings (SSSR count). The fourth-order valence-electron chi connectivity index (χ4n) is 7.00. The molecule has 0 N–H and O–H groups in total. The van der Waals surface area contributed by atoms with Gasteiger partial charge >= 0.3 is 0 Å². The second kappa shape index (κ2) is 15.7. The molecular formula is C44H49N. The van der Waals surface area contributed by atoms with Gasteiger partial charge in [0.2, 0.25) is 0 Å². The molecule has 1 nitrogen and oxygen atoms in total. The van der Waals surface area contributed by atoms with E-state index in [0.717, 1.165) is 68.2 Å². The number of rotatable bonds is 11. The van der Waals surface area contributed by atoms with Crippen LogP contribution < -0.4 is 0 Å². The maximum Gasteiger partial charge on any atom is 0.0715 e. The highest BCUT2D eigenvalue weighted by Crippen LogP contribution is 2.37. The van der Waals surface area contributed by atoms with Gasteiger partial charge in [-0.2, -0.15) is 0 Å². The molecule has 0 unspecified atom stereocenters. The lowest BCUT2D eigenvalue weighted by Gasteiger charge is -2.21. The molecule has 0 aromatic heterocycles. The van der Waals surface area contributed by atoms with Gasteiger partial charge in [-0.05, 0) is 127 Å². The Morgan fingerprint density at radius 1 is 0.933 bits per heavy atom. The summed E-state index contributed by atoms with van der Waals surface area (Å²) in [6.45, 7) is 11.2. The first-order chi connectivity index (χ1) is 22.0. The van der Waals surface area contributed by atoms with E-state index >= 15 is 0 Å². The van der Waals surface area contributed by atoms with Crippen LogP contribution in [0.5, 0.6) is 0 Å². The van der Waals surface area contributed by atoms with Gasteiger partial charge in [0.25, 0.3) is 0 Å². The van der Waals surface area contributed by atoms with E-state index in [-0.39, 0.29) is 0 Å². The molecule has 0 aliphatic heterocycles. The molecule has 2 aromatic rings. The maximum atomic E-state index is 4.72. The summed E-state index contributed by atoms with van der Waals surface area (Å²) in [4.78, 5) is 4.72. The van der Waals surface area contributed by atoms with E-state index in [0.29, 0.717) is 0 Å². The lowest BCUT2D eigenvalue weighted by molar-refractivity contribution is 0.859. The average molecular weight is 592 g/mol. The van der Waals surface area contributed by atoms with Crippen LogP contribution in [0.4, 0.5) is 0 Å². The Bertz CT molecular complexity index is 1680. The minimum atomic E-state index is 0.911. The van der Waals surface area contributed by atoms with Gasteiger partial charge in [0.05, 0.1) is 5.71 Å². The Kier molecular flexibility index (Phi) is 11.2. The summed E-state index contributed by atoms with van der Waals surface area (Å²) < 4.78 is 0. The molecule has 2 aromatic carbocycles. The molecule has 0 atom stereocenters. The van der Waals surface area contributed by atoms with Gasteiger partial charge in [0.1, 0.15) is 0 Å². The summed E-state index contributed by atoms with van der Waals surface area (Å²) in [5.41, 5.74) is 17.7. The zero-order valence-electron chi connectivity index (χ0n) is 27.8. The number of benzene rings is 2. The fourth-order valence-corrected chi connectivity index (χ4v) is 7.00. The molecular weight excluding hydrogens is 542 g/mol. The van der Waals surface area contributed by atoms with Crippen LogP contribution in [0.25, 0.3) is 5.57 Å². The van der Waals surface area contributed by atoms with E-state index in [1.165, 1.54) is 51.0 Å². The summed E-state index contributed by atoms with van der Waals surface area (Å²) >= 11 is 0. The molecule has 0 spiro atoms. The van der Waals surface area contributed by atoms with Gasteiger partial charge in [-0.25, -0.2) is 0 Å². The third-order valence-corrected chi connectivity index (χ3v) is 9.52. The van der Waals surface area contributed by atoms with Gasteiger partial charge in [-0.3, -0.25) is 4.99 Å². The summed E-state index contributed by atoms with van der Waals surface area (Å²) in [5, 5.41) is 0. The van der Waals surface area contributed by atoms with Crippen molar-refractivity contribution in [2.75, 3.05) is 7.05 Å². The van der Waals surface area contributed by atoms with Crippen LogP contribution >= 0.6 is 0 Å². The molecule has 0 saturated carbocycles. The summed E-state index contributed by atoms with van der Waals surface area (Å²) in [6.07, 6.45) is 30.0. The number of allylic oxidation sites excluding steroid dienone is 17. The zero-order valence-corrected chi connectivity index (χ0v) is 27.8. The van der Waals surface area contributed by atoms with E-state index < -0.39 is 0 Å².